The predicted molar refractivity (Wildman–Crippen MR) is 164 cm³/mol. The van der Waals surface area contributed by atoms with E-state index in [2.05, 4.69) is 0 Å². The van der Waals surface area contributed by atoms with Crippen LogP contribution < -0.4 is 4.74 Å². The van der Waals surface area contributed by atoms with Crippen LogP contribution in [0.15, 0.2) is 96.6 Å². The molecule has 0 bridgehead atoms. The summed E-state index contributed by atoms with van der Waals surface area (Å²) in [6, 6.07) is 23.4. The van der Waals surface area contributed by atoms with Crippen molar-refractivity contribution in [3.8, 4) is 11.5 Å². The smallest absolute Gasteiger partial charge is 0.233 e. The van der Waals surface area contributed by atoms with Crippen LogP contribution in [0.2, 0.25) is 0 Å². The summed E-state index contributed by atoms with van der Waals surface area (Å²) in [6.45, 7) is 2.07. The Bertz CT molecular complexity index is 1760. The van der Waals surface area contributed by atoms with Crippen molar-refractivity contribution in [1.29, 1.82) is 0 Å². The summed E-state index contributed by atoms with van der Waals surface area (Å²) in [4.78, 5) is 58.3. The van der Waals surface area contributed by atoms with Gasteiger partial charge in [-0.25, -0.2) is 0 Å². The van der Waals surface area contributed by atoms with Gasteiger partial charge >= 0.3 is 0 Å². The number of fused-ring (bicyclic) bond motifs is 4. The van der Waals surface area contributed by atoms with E-state index in [0.29, 0.717) is 34.4 Å². The lowest BCUT2D eigenvalue weighted by Crippen LogP contribution is -2.58. The monoisotopic (exact) mass is 587 g/mol. The summed E-state index contributed by atoms with van der Waals surface area (Å²) in [6.07, 6.45) is 4.05. The number of carbonyl (C=O) groups is 4. The molecule has 7 rings (SSSR count). The van der Waals surface area contributed by atoms with Crippen LogP contribution in [0.4, 0.5) is 0 Å². The number of allylic oxidation sites excluding steroid dienone is 4. The maximum atomic E-state index is 14.9. The van der Waals surface area contributed by atoms with Crippen LogP contribution in [0.1, 0.15) is 42.4 Å². The number of methoxy groups -OCH3 is 1. The molecule has 2 fully saturated rings. The Morgan fingerprint density at radius 1 is 0.909 bits per heavy atom. The standard InChI is InChI=1S/C37H33NO6/c1-3-38-35(42)25-16-15-24-27(32(25)36(38)43)19-29-34(41)26(21-10-6-4-7-11-21)20-31(40)37(29,22-12-8-5-9-13-22)33(24)28-18-23(44-2)14-17-30(28)39/h4-15,17-18,20,25,27,29,32-33,39H,3,16,19H2,1-2H3/t25-,27+,29-,32-,33+,37-/m0/s1. The summed E-state index contributed by atoms with van der Waals surface area (Å²) >= 11 is 0. The molecule has 7 heteroatoms. The van der Waals surface area contributed by atoms with Crippen LogP contribution >= 0.6 is 0 Å². The van der Waals surface area contributed by atoms with Crippen molar-refractivity contribution in [2.24, 2.45) is 23.7 Å². The Morgan fingerprint density at radius 3 is 2.30 bits per heavy atom. The first-order valence-corrected chi connectivity index (χ1v) is 15.2. The SMILES string of the molecule is CCN1C(=O)[C@H]2[C@H](CC=C3[C@H]2C[C@H]2C(=O)C(c4ccccc4)=CC(=O)[C@@]2(c2ccccc2)[C@H]3c2cc(OC)ccc2O)C1=O. The lowest BCUT2D eigenvalue weighted by Gasteiger charge is -2.55. The van der Waals surface area contributed by atoms with E-state index in [1.54, 1.807) is 25.1 Å². The molecule has 0 spiro atoms. The third kappa shape index (κ3) is 3.81. The number of ether oxygens (including phenoxy) is 1. The van der Waals surface area contributed by atoms with Gasteiger partial charge in [0.15, 0.2) is 11.6 Å². The number of hydrogen-bond donors (Lipinski definition) is 1. The Hall–Kier alpha value is -4.78. The molecule has 0 unspecified atom stereocenters. The number of imide groups is 1. The van der Waals surface area contributed by atoms with E-state index >= 15 is 0 Å². The van der Waals surface area contributed by atoms with Gasteiger partial charge < -0.3 is 9.84 Å². The molecule has 7 nitrogen and oxygen atoms in total. The van der Waals surface area contributed by atoms with Gasteiger partial charge in [0, 0.05) is 29.5 Å². The molecule has 3 aliphatic carbocycles. The van der Waals surface area contributed by atoms with Crippen LogP contribution in [0.25, 0.3) is 5.57 Å². The summed E-state index contributed by atoms with van der Waals surface area (Å²) < 4.78 is 5.56. The normalized spacial score (nSPS) is 29.4. The molecule has 0 aromatic heterocycles. The van der Waals surface area contributed by atoms with E-state index in [9.17, 15) is 24.3 Å². The van der Waals surface area contributed by atoms with E-state index in [-0.39, 0.29) is 42.1 Å². The summed E-state index contributed by atoms with van der Waals surface area (Å²) in [5.41, 5.74) is 1.53. The van der Waals surface area contributed by atoms with Crippen LogP contribution in [0.5, 0.6) is 11.5 Å². The average Bonchev–Trinajstić information content (AvgIpc) is 3.31. The number of ketones is 2. The molecule has 6 atom stereocenters. The summed E-state index contributed by atoms with van der Waals surface area (Å²) in [7, 11) is 1.53. The largest absolute Gasteiger partial charge is 0.508 e. The highest BCUT2D eigenvalue weighted by molar-refractivity contribution is 6.31. The number of nitrogens with zero attached hydrogens (tertiary/aromatic N) is 1. The van der Waals surface area contributed by atoms with Crippen molar-refractivity contribution >= 4 is 29.0 Å². The average molecular weight is 588 g/mol. The van der Waals surface area contributed by atoms with Crippen LogP contribution in [0.3, 0.4) is 0 Å². The molecule has 0 radical (unpaired) electrons. The van der Waals surface area contributed by atoms with Crippen molar-refractivity contribution in [1.82, 2.24) is 4.90 Å². The second kappa shape index (κ2) is 10.4. The molecular weight excluding hydrogens is 554 g/mol. The first-order chi connectivity index (χ1) is 21.3. The second-order valence-electron chi connectivity index (χ2n) is 12.1. The third-order valence-corrected chi connectivity index (χ3v) is 10.3. The first kappa shape index (κ1) is 28.0. The fourth-order valence-electron chi connectivity index (χ4n) is 8.49. The van der Waals surface area contributed by atoms with Gasteiger partial charge in [0.1, 0.15) is 11.5 Å². The molecule has 1 saturated heterocycles. The first-order valence-electron chi connectivity index (χ1n) is 15.2. The van der Waals surface area contributed by atoms with Gasteiger partial charge in [-0.15, -0.1) is 0 Å². The molecule has 1 aliphatic heterocycles. The predicted octanol–water partition coefficient (Wildman–Crippen LogP) is 5.25. The van der Waals surface area contributed by atoms with Crippen LogP contribution in [-0.2, 0) is 24.6 Å². The molecule has 3 aromatic carbocycles. The van der Waals surface area contributed by atoms with Crippen molar-refractivity contribution in [2.45, 2.75) is 31.1 Å². The molecule has 3 aromatic rings. The minimum absolute atomic E-state index is 0.0318. The highest BCUT2D eigenvalue weighted by Gasteiger charge is 2.66. The zero-order chi connectivity index (χ0) is 30.7. The van der Waals surface area contributed by atoms with E-state index in [1.165, 1.54) is 18.1 Å². The Labute approximate surface area is 255 Å². The number of benzene rings is 3. The molecule has 44 heavy (non-hydrogen) atoms. The zero-order valence-electron chi connectivity index (χ0n) is 24.6. The maximum absolute atomic E-state index is 14.9. The van der Waals surface area contributed by atoms with E-state index < -0.39 is 35.0 Å². The van der Waals surface area contributed by atoms with Gasteiger partial charge in [-0.05, 0) is 61.1 Å². The number of rotatable bonds is 5. The van der Waals surface area contributed by atoms with Gasteiger partial charge in [-0.1, -0.05) is 72.3 Å². The third-order valence-electron chi connectivity index (χ3n) is 10.3. The van der Waals surface area contributed by atoms with Gasteiger partial charge in [0.25, 0.3) is 0 Å². The number of phenolic OH excluding ortho intramolecular Hbond substituents is 1. The molecule has 222 valence electrons. The fourth-order valence-corrected chi connectivity index (χ4v) is 8.49. The maximum Gasteiger partial charge on any atom is 0.233 e. The lowest BCUT2D eigenvalue weighted by molar-refractivity contribution is -0.140. The number of hydrogen-bond acceptors (Lipinski definition) is 6. The number of aromatic hydroxyl groups is 1. The van der Waals surface area contributed by atoms with Gasteiger partial charge in [-0.3, -0.25) is 24.1 Å². The minimum atomic E-state index is -1.40. The summed E-state index contributed by atoms with van der Waals surface area (Å²) in [5, 5.41) is 11.4. The molecule has 4 aliphatic rings. The quantitative estimate of drug-likeness (QED) is 0.324. The van der Waals surface area contributed by atoms with Crippen molar-refractivity contribution in [3.63, 3.8) is 0 Å². The number of carbonyl (C=O) groups excluding carboxylic acids is 4. The summed E-state index contributed by atoms with van der Waals surface area (Å²) in [5.74, 6) is -3.63. The lowest BCUT2D eigenvalue weighted by atomic mass is 9.44. The number of phenols is 1. The van der Waals surface area contributed by atoms with Crippen LogP contribution in [-0.4, -0.2) is 47.0 Å². The van der Waals surface area contributed by atoms with Gasteiger partial charge in [0.2, 0.25) is 11.8 Å². The fraction of sp³-hybridized carbons (Fsp3) is 0.297. The van der Waals surface area contributed by atoms with Crippen molar-refractivity contribution < 1.29 is 29.0 Å². The Morgan fingerprint density at radius 2 is 1.61 bits per heavy atom. The molecular formula is C37H33NO6. The van der Waals surface area contributed by atoms with Gasteiger partial charge in [0.05, 0.1) is 24.4 Å². The molecule has 1 N–H and O–H groups in total. The molecule has 2 amide bonds. The molecule has 1 heterocycles. The topological polar surface area (TPSA) is 101 Å². The molecule has 1 saturated carbocycles. The van der Waals surface area contributed by atoms with Crippen LogP contribution in [0, 0.1) is 23.7 Å². The highest BCUT2D eigenvalue weighted by Crippen LogP contribution is 2.64. The van der Waals surface area contributed by atoms with E-state index in [1.807, 2.05) is 66.7 Å². The van der Waals surface area contributed by atoms with Crippen molar-refractivity contribution in [3.05, 3.63) is 113 Å². The van der Waals surface area contributed by atoms with Crippen molar-refractivity contribution in [2.75, 3.05) is 13.7 Å². The second-order valence-corrected chi connectivity index (χ2v) is 12.1. The Balaban J connectivity index is 1.54. The highest BCUT2D eigenvalue weighted by atomic mass is 16.5. The van der Waals surface area contributed by atoms with Gasteiger partial charge in [-0.2, -0.15) is 0 Å². The minimum Gasteiger partial charge on any atom is -0.508 e. The Kier molecular flexibility index (Phi) is 6.65. The number of likely N-dealkylation sites (tertiary alicyclic amines) is 1. The number of Topliss-reactive ketones (excluding diaryl/α,β-unsaturated/α-hetero) is 1. The zero-order valence-corrected chi connectivity index (χ0v) is 24.6. The van der Waals surface area contributed by atoms with E-state index in [0.717, 1.165) is 5.57 Å². The van der Waals surface area contributed by atoms with E-state index in [4.69, 9.17) is 4.74 Å². The number of amides is 2.